The summed E-state index contributed by atoms with van der Waals surface area (Å²) in [6.07, 6.45) is -0.766. The highest BCUT2D eigenvalue weighted by Gasteiger charge is 2.45. The van der Waals surface area contributed by atoms with E-state index in [1.165, 1.54) is 22.3 Å². The Hall–Kier alpha value is -3.63. The van der Waals surface area contributed by atoms with Gasteiger partial charge in [-0.1, -0.05) is 44.2 Å². The fraction of sp³-hybridized carbons (Fsp3) is 0.379. The van der Waals surface area contributed by atoms with Gasteiger partial charge in [0.25, 0.3) is 5.91 Å². The Morgan fingerprint density at radius 3 is 2.64 bits per heavy atom. The number of fused-ring (bicyclic) bond motifs is 1. The van der Waals surface area contributed by atoms with Crippen molar-refractivity contribution in [3.63, 3.8) is 0 Å². The Bertz CT molecular complexity index is 1420. The number of rotatable bonds is 7. The van der Waals surface area contributed by atoms with Gasteiger partial charge < -0.3 is 20.2 Å². The van der Waals surface area contributed by atoms with Crippen molar-refractivity contribution in [1.82, 2.24) is 20.1 Å². The van der Waals surface area contributed by atoms with E-state index < -0.39 is 29.9 Å². The summed E-state index contributed by atoms with van der Waals surface area (Å²) >= 11 is 1.36. The lowest BCUT2D eigenvalue weighted by molar-refractivity contribution is -0.143. The van der Waals surface area contributed by atoms with Gasteiger partial charge >= 0.3 is 0 Å². The van der Waals surface area contributed by atoms with Crippen molar-refractivity contribution < 1.29 is 23.9 Å². The molecule has 0 aliphatic carbocycles. The van der Waals surface area contributed by atoms with Crippen molar-refractivity contribution in [2.75, 3.05) is 6.54 Å². The van der Waals surface area contributed by atoms with E-state index in [1.54, 1.807) is 34.7 Å². The van der Waals surface area contributed by atoms with E-state index in [0.717, 1.165) is 16.1 Å². The van der Waals surface area contributed by atoms with Crippen LogP contribution < -0.4 is 5.32 Å². The normalized spacial score (nSPS) is 19.5. The fourth-order valence-corrected chi connectivity index (χ4v) is 6.31. The number of β-amino-alcohol motifs (C(OH)–C–C–N with tert-alkyl or cyclic N) is 1. The number of nitrogens with zero attached hydrogens (tertiary/aromatic N) is 3. The van der Waals surface area contributed by atoms with Crippen molar-refractivity contribution in [2.24, 2.45) is 5.92 Å². The lowest BCUT2D eigenvalue weighted by atomic mass is 10.0. The van der Waals surface area contributed by atoms with E-state index in [9.17, 15) is 23.9 Å². The van der Waals surface area contributed by atoms with Crippen LogP contribution >= 0.6 is 11.3 Å². The molecule has 1 saturated heterocycles. The molecule has 1 aromatic heterocycles. The van der Waals surface area contributed by atoms with E-state index >= 15 is 0 Å². The zero-order chi connectivity index (χ0) is 27.8. The predicted octanol–water partition coefficient (Wildman–Crippen LogP) is 3.52. The molecule has 8 nitrogen and oxygen atoms in total. The highest BCUT2D eigenvalue weighted by atomic mass is 32.1. The number of halogens is 1. The van der Waals surface area contributed by atoms with Crippen molar-refractivity contribution in [3.05, 3.63) is 76.2 Å². The van der Waals surface area contributed by atoms with Crippen LogP contribution in [0.4, 0.5) is 4.39 Å². The molecule has 10 heteroatoms. The minimum atomic E-state index is -0.891. The van der Waals surface area contributed by atoms with Crippen LogP contribution in [0.2, 0.25) is 0 Å². The van der Waals surface area contributed by atoms with E-state index in [1.807, 2.05) is 32.9 Å². The number of aryl methyl sites for hydroxylation is 1. The number of hydrogen-bond acceptors (Lipinski definition) is 6. The summed E-state index contributed by atoms with van der Waals surface area (Å²) in [4.78, 5) is 48.1. The van der Waals surface area contributed by atoms with Crippen molar-refractivity contribution in [2.45, 2.75) is 58.5 Å². The number of amides is 3. The first-order valence-electron chi connectivity index (χ1n) is 13.0. The minimum absolute atomic E-state index is 0.00659. The third kappa shape index (κ3) is 5.18. The monoisotopic (exact) mass is 550 g/mol. The number of likely N-dealkylation sites (tertiary alicyclic amines) is 1. The molecule has 2 aromatic carbocycles. The molecule has 3 amide bonds. The van der Waals surface area contributed by atoms with Crippen LogP contribution in [0.1, 0.15) is 47.4 Å². The summed E-state index contributed by atoms with van der Waals surface area (Å²) < 4.78 is 14.8. The van der Waals surface area contributed by atoms with Crippen molar-refractivity contribution in [3.8, 4) is 10.4 Å². The molecular formula is C29H31FN4O4S. The number of aromatic nitrogens is 1. The molecule has 204 valence electrons. The van der Waals surface area contributed by atoms with Crippen molar-refractivity contribution >= 4 is 29.1 Å². The molecule has 1 fully saturated rings. The topological polar surface area (TPSA) is 103 Å². The number of carbonyl (C=O) groups excluding carboxylic acids is 3. The molecule has 0 bridgehead atoms. The van der Waals surface area contributed by atoms with Gasteiger partial charge in [0.15, 0.2) is 0 Å². The quantitative estimate of drug-likeness (QED) is 0.469. The number of aliphatic hydroxyl groups is 1. The smallest absolute Gasteiger partial charge is 0.255 e. The number of nitrogens with one attached hydrogen (secondary N) is 1. The highest BCUT2D eigenvalue weighted by molar-refractivity contribution is 7.13. The average molecular weight is 551 g/mol. The van der Waals surface area contributed by atoms with Crippen LogP contribution in [-0.4, -0.2) is 62.3 Å². The lowest BCUT2D eigenvalue weighted by Gasteiger charge is -2.35. The molecule has 0 spiro atoms. The molecule has 3 aromatic rings. The van der Waals surface area contributed by atoms with E-state index in [0.29, 0.717) is 23.2 Å². The summed E-state index contributed by atoms with van der Waals surface area (Å²) in [5.41, 5.74) is 4.89. The van der Waals surface area contributed by atoms with Gasteiger partial charge in [-0.2, -0.15) is 0 Å². The molecular weight excluding hydrogens is 519 g/mol. The summed E-state index contributed by atoms with van der Waals surface area (Å²) in [5.74, 6) is -1.61. The average Bonchev–Trinajstić information content (AvgIpc) is 3.60. The Balaban J connectivity index is 1.29. The molecule has 3 heterocycles. The van der Waals surface area contributed by atoms with Crippen molar-refractivity contribution in [1.29, 1.82) is 0 Å². The Labute approximate surface area is 230 Å². The maximum atomic E-state index is 14.8. The molecule has 5 rings (SSSR count). The fourth-order valence-electron chi connectivity index (χ4n) is 5.48. The highest BCUT2D eigenvalue weighted by Crippen LogP contribution is 2.31. The molecule has 0 saturated carbocycles. The van der Waals surface area contributed by atoms with Gasteiger partial charge in [0, 0.05) is 37.2 Å². The van der Waals surface area contributed by atoms with Gasteiger partial charge in [0.2, 0.25) is 11.8 Å². The minimum Gasteiger partial charge on any atom is -0.391 e. The standard InChI is InChI=1S/C29H31FN4O4S/c1-16(2)25(34-13-19-6-4-5-7-21(19)28(34)37)29(38)33-14-20(35)11-24(33)27(36)31-12-18-8-9-22(23(30)10-18)26-17(3)32-15-39-26/h4-10,15-16,20,24-25,35H,11-14H2,1-3H3,(H,31,36)/t20-,24+,25?/m1/s1. The summed E-state index contributed by atoms with van der Waals surface area (Å²) in [7, 11) is 0. The molecule has 2 aliphatic heterocycles. The third-order valence-electron chi connectivity index (χ3n) is 7.42. The van der Waals surface area contributed by atoms with Crippen LogP contribution in [0.3, 0.4) is 0 Å². The second-order valence-electron chi connectivity index (χ2n) is 10.5. The zero-order valence-corrected chi connectivity index (χ0v) is 22.9. The van der Waals surface area contributed by atoms with E-state index in [2.05, 4.69) is 10.3 Å². The van der Waals surface area contributed by atoms with Gasteiger partial charge in [-0.15, -0.1) is 11.3 Å². The van der Waals surface area contributed by atoms with Gasteiger partial charge in [0.05, 0.1) is 22.2 Å². The largest absolute Gasteiger partial charge is 0.391 e. The maximum Gasteiger partial charge on any atom is 0.255 e. The van der Waals surface area contributed by atoms with Crippen LogP contribution in [0.25, 0.3) is 10.4 Å². The number of thiazole rings is 1. The van der Waals surface area contributed by atoms with Crippen LogP contribution in [-0.2, 0) is 22.7 Å². The second kappa shape index (κ2) is 10.9. The lowest BCUT2D eigenvalue weighted by Crippen LogP contribution is -2.55. The Morgan fingerprint density at radius 1 is 1.21 bits per heavy atom. The van der Waals surface area contributed by atoms with Gasteiger partial charge in [-0.25, -0.2) is 9.37 Å². The Morgan fingerprint density at radius 2 is 1.97 bits per heavy atom. The third-order valence-corrected chi connectivity index (χ3v) is 8.39. The SMILES string of the molecule is Cc1ncsc1-c1ccc(CNC(=O)[C@@H]2C[C@@H](O)CN2C(=O)C(C(C)C)N2Cc3ccccc3C2=O)cc1F. The zero-order valence-electron chi connectivity index (χ0n) is 22.1. The summed E-state index contributed by atoms with van der Waals surface area (Å²) in [5, 5.41) is 13.2. The van der Waals surface area contributed by atoms with Crippen LogP contribution in [0, 0.1) is 18.7 Å². The van der Waals surface area contributed by atoms with E-state index in [4.69, 9.17) is 0 Å². The molecule has 2 aliphatic rings. The molecule has 2 N–H and O–H groups in total. The summed E-state index contributed by atoms with van der Waals surface area (Å²) in [6.45, 7) is 5.95. The molecule has 3 atom stereocenters. The molecule has 1 unspecified atom stereocenters. The van der Waals surface area contributed by atoms with Gasteiger partial charge in [-0.05, 0) is 36.1 Å². The number of carbonyl (C=O) groups is 3. The number of hydrogen-bond donors (Lipinski definition) is 2. The number of benzene rings is 2. The molecule has 39 heavy (non-hydrogen) atoms. The van der Waals surface area contributed by atoms with E-state index in [-0.39, 0.29) is 37.2 Å². The Kier molecular flexibility index (Phi) is 7.51. The number of aliphatic hydroxyl groups excluding tert-OH is 1. The predicted molar refractivity (Wildman–Crippen MR) is 145 cm³/mol. The first kappa shape index (κ1) is 27.0. The summed E-state index contributed by atoms with van der Waals surface area (Å²) in [6, 6.07) is 10.4. The maximum absolute atomic E-state index is 14.8. The first-order chi connectivity index (χ1) is 18.7. The first-order valence-corrected chi connectivity index (χ1v) is 13.9. The van der Waals surface area contributed by atoms with Gasteiger partial charge in [-0.3, -0.25) is 14.4 Å². The second-order valence-corrected chi connectivity index (χ2v) is 11.3. The van der Waals surface area contributed by atoms with Gasteiger partial charge in [0.1, 0.15) is 17.9 Å². The molecule has 0 radical (unpaired) electrons. The van der Waals surface area contributed by atoms with Crippen LogP contribution in [0.15, 0.2) is 48.0 Å². The van der Waals surface area contributed by atoms with Crippen LogP contribution in [0.5, 0.6) is 0 Å².